The van der Waals surface area contributed by atoms with Crippen LogP contribution in [0.2, 0.25) is 0 Å². The van der Waals surface area contributed by atoms with Gasteiger partial charge in [-0.2, -0.15) is 0 Å². The first kappa shape index (κ1) is 18.4. The van der Waals surface area contributed by atoms with Gasteiger partial charge in [0.1, 0.15) is 15.6 Å². The van der Waals surface area contributed by atoms with E-state index in [2.05, 4.69) is 12.2 Å². The maximum atomic E-state index is 11.9. The maximum absolute atomic E-state index is 11.9. The number of ether oxygens (including phenoxy) is 1. The summed E-state index contributed by atoms with van der Waals surface area (Å²) in [6.45, 7) is 2.71. The number of amides is 1. The second-order valence-corrected chi connectivity index (χ2v) is 7.50. The smallest absolute Gasteiger partial charge is 0.241 e. The van der Waals surface area contributed by atoms with E-state index < -0.39 is 21.8 Å². The SMILES string of the molecule is CCCCOc1cccc(NC(=O)C(N)CCS(C)(=O)=O)c1. The molecule has 7 heteroatoms. The first-order chi connectivity index (χ1) is 10.3. The van der Waals surface area contributed by atoms with E-state index in [4.69, 9.17) is 10.5 Å². The van der Waals surface area contributed by atoms with Crippen molar-refractivity contribution >= 4 is 21.4 Å². The highest BCUT2D eigenvalue weighted by Gasteiger charge is 2.16. The lowest BCUT2D eigenvalue weighted by molar-refractivity contribution is -0.117. The van der Waals surface area contributed by atoms with Crippen LogP contribution in [0, 0.1) is 0 Å². The number of hydrogen-bond acceptors (Lipinski definition) is 5. The summed E-state index contributed by atoms with van der Waals surface area (Å²) in [6.07, 6.45) is 3.23. The average molecular weight is 328 g/mol. The van der Waals surface area contributed by atoms with Crippen LogP contribution in [-0.4, -0.2) is 39.0 Å². The fourth-order valence-corrected chi connectivity index (χ4v) is 2.39. The van der Waals surface area contributed by atoms with Gasteiger partial charge in [0.2, 0.25) is 5.91 Å². The molecule has 0 spiro atoms. The van der Waals surface area contributed by atoms with Crippen LogP contribution in [0.5, 0.6) is 5.75 Å². The summed E-state index contributed by atoms with van der Waals surface area (Å²) >= 11 is 0. The Hall–Kier alpha value is -1.60. The third-order valence-electron chi connectivity index (χ3n) is 3.00. The summed E-state index contributed by atoms with van der Waals surface area (Å²) in [5.41, 5.74) is 6.28. The van der Waals surface area contributed by atoms with Crippen molar-refractivity contribution in [2.24, 2.45) is 5.73 Å². The van der Waals surface area contributed by atoms with Gasteiger partial charge in [-0.25, -0.2) is 8.42 Å². The van der Waals surface area contributed by atoms with Crippen LogP contribution in [0.3, 0.4) is 0 Å². The van der Waals surface area contributed by atoms with Crippen molar-refractivity contribution in [1.29, 1.82) is 0 Å². The number of sulfone groups is 1. The van der Waals surface area contributed by atoms with Gasteiger partial charge in [-0.15, -0.1) is 0 Å². The fraction of sp³-hybridized carbons (Fsp3) is 0.533. The van der Waals surface area contributed by atoms with Crippen LogP contribution in [0.4, 0.5) is 5.69 Å². The Kier molecular flexibility index (Phi) is 7.34. The van der Waals surface area contributed by atoms with Crippen LogP contribution < -0.4 is 15.8 Å². The van der Waals surface area contributed by atoms with Crippen LogP contribution in [0.25, 0.3) is 0 Å². The van der Waals surface area contributed by atoms with Crippen molar-refractivity contribution < 1.29 is 17.9 Å². The topological polar surface area (TPSA) is 98.5 Å². The lowest BCUT2D eigenvalue weighted by Crippen LogP contribution is -2.37. The number of unbranched alkanes of at least 4 members (excludes halogenated alkanes) is 1. The minimum Gasteiger partial charge on any atom is -0.494 e. The van der Waals surface area contributed by atoms with Crippen LogP contribution >= 0.6 is 0 Å². The second kappa shape index (κ2) is 8.75. The Morgan fingerprint density at radius 2 is 2.14 bits per heavy atom. The predicted octanol–water partition coefficient (Wildman–Crippen LogP) is 1.57. The zero-order valence-electron chi connectivity index (χ0n) is 13.0. The van der Waals surface area contributed by atoms with Gasteiger partial charge in [0.15, 0.2) is 0 Å². The number of carbonyl (C=O) groups is 1. The highest BCUT2D eigenvalue weighted by molar-refractivity contribution is 7.90. The number of nitrogens with two attached hydrogens (primary N) is 1. The molecular formula is C15H24N2O4S. The number of nitrogens with one attached hydrogen (secondary N) is 1. The van der Waals surface area contributed by atoms with Gasteiger partial charge < -0.3 is 15.8 Å². The van der Waals surface area contributed by atoms with E-state index in [9.17, 15) is 13.2 Å². The molecule has 1 aromatic rings. The van der Waals surface area contributed by atoms with Gasteiger partial charge in [0.25, 0.3) is 0 Å². The molecule has 0 fully saturated rings. The van der Waals surface area contributed by atoms with E-state index >= 15 is 0 Å². The molecule has 0 aliphatic rings. The van der Waals surface area contributed by atoms with E-state index in [1.54, 1.807) is 18.2 Å². The molecule has 6 nitrogen and oxygen atoms in total. The van der Waals surface area contributed by atoms with Gasteiger partial charge >= 0.3 is 0 Å². The average Bonchev–Trinajstić information content (AvgIpc) is 2.44. The Bertz CT molecular complexity index is 587. The number of hydrogen-bond donors (Lipinski definition) is 2. The molecular weight excluding hydrogens is 304 g/mol. The Labute approximate surface area is 132 Å². The normalized spacial score (nSPS) is 12.7. The molecule has 1 aromatic carbocycles. The number of rotatable bonds is 9. The second-order valence-electron chi connectivity index (χ2n) is 5.24. The molecule has 1 rings (SSSR count). The van der Waals surface area contributed by atoms with Gasteiger partial charge in [0, 0.05) is 18.0 Å². The van der Waals surface area contributed by atoms with Gasteiger partial charge in [-0.3, -0.25) is 4.79 Å². The first-order valence-corrected chi connectivity index (χ1v) is 9.35. The molecule has 0 aliphatic carbocycles. The third-order valence-corrected chi connectivity index (χ3v) is 3.98. The highest BCUT2D eigenvalue weighted by Crippen LogP contribution is 2.18. The van der Waals surface area contributed by atoms with E-state index in [0.717, 1.165) is 19.1 Å². The summed E-state index contributed by atoms with van der Waals surface area (Å²) in [4.78, 5) is 11.9. The molecule has 1 amide bonds. The lowest BCUT2D eigenvalue weighted by Gasteiger charge is -2.13. The Morgan fingerprint density at radius 3 is 2.77 bits per heavy atom. The van der Waals surface area contributed by atoms with Crippen LogP contribution in [0.15, 0.2) is 24.3 Å². The Morgan fingerprint density at radius 1 is 1.41 bits per heavy atom. The number of benzene rings is 1. The summed E-state index contributed by atoms with van der Waals surface area (Å²) in [5, 5.41) is 2.67. The monoisotopic (exact) mass is 328 g/mol. The minimum atomic E-state index is -3.13. The van der Waals surface area contributed by atoms with Crippen molar-refractivity contribution in [3.8, 4) is 5.75 Å². The minimum absolute atomic E-state index is 0.0946. The molecule has 0 saturated carbocycles. The third kappa shape index (κ3) is 7.42. The highest BCUT2D eigenvalue weighted by atomic mass is 32.2. The molecule has 1 unspecified atom stereocenters. The molecule has 0 radical (unpaired) electrons. The van der Waals surface area contributed by atoms with Crippen LogP contribution in [0.1, 0.15) is 26.2 Å². The molecule has 0 bridgehead atoms. The molecule has 0 heterocycles. The van der Waals surface area contributed by atoms with E-state index in [1.165, 1.54) is 0 Å². The molecule has 22 heavy (non-hydrogen) atoms. The van der Waals surface area contributed by atoms with E-state index in [0.29, 0.717) is 18.0 Å². The maximum Gasteiger partial charge on any atom is 0.241 e. The largest absolute Gasteiger partial charge is 0.494 e. The van der Waals surface area contributed by atoms with E-state index in [1.807, 2.05) is 6.07 Å². The molecule has 0 aliphatic heterocycles. The van der Waals surface area contributed by atoms with Crippen LogP contribution in [-0.2, 0) is 14.6 Å². The Balaban J connectivity index is 2.54. The molecule has 3 N–H and O–H groups in total. The van der Waals surface area contributed by atoms with Crippen molar-refractivity contribution in [3.05, 3.63) is 24.3 Å². The fourth-order valence-electron chi connectivity index (χ4n) is 1.71. The van der Waals surface area contributed by atoms with Crippen molar-refractivity contribution in [3.63, 3.8) is 0 Å². The van der Waals surface area contributed by atoms with Gasteiger partial charge in [0.05, 0.1) is 18.4 Å². The quantitative estimate of drug-likeness (QED) is 0.670. The van der Waals surface area contributed by atoms with Crippen molar-refractivity contribution in [2.45, 2.75) is 32.2 Å². The summed E-state index contributed by atoms with van der Waals surface area (Å²) in [5.74, 6) is 0.159. The standard InChI is InChI=1S/C15H24N2O4S/c1-3-4-9-21-13-7-5-6-12(11-13)17-15(18)14(16)8-10-22(2,19)20/h5-7,11,14H,3-4,8-10,16H2,1-2H3,(H,17,18). The van der Waals surface area contributed by atoms with Gasteiger partial charge in [-0.05, 0) is 25.0 Å². The summed E-state index contributed by atoms with van der Waals surface area (Å²) in [7, 11) is -3.13. The van der Waals surface area contributed by atoms with E-state index in [-0.39, 0.29) is 12.2 Å². The number of carbonyl (C=O) groups excluding carboxylic acids is 1. The van der Waals surface area contributed by atoms with Gasteiger partial charge in [-0.1, -0.05) is 19.4 Å². The molecule has 1 atom stereocenters. The lowest BCUT2D eigenvalue weighted by atomic mass is 10.2. The summed E-state index contributed by atoms with van der Waals surface area (Å²) < 4.78 is 27.7. The van der Waals surface area contributed by atoms with Crippen molar-refractivity contribution in [1.82, 2.24) is 0 Å². The molecule has 0 aromatic heterocycles. The molecule has 124 valence electrons. The zero-order valence-corrected chi connectivity index (χ0v) is 13.9. The predicted molar refractivity (Wildman–Crippen MR) is 87.8 cm³/mol. The zero-order chi connectivity index (χ0) is 16.6. The summed E-state index contributed by atoms with van der Waals surface area (Å²) in [6, 6.07) is 6.18. The molecule has 0 saturated heterocycles. The number of anilines is 1. The first-order valence-electron chi connectivity index (χ1n) is 7.29. The van der Waals surface area contributed by atoms with Crippen molar-refractivity contribution in [2.75, 3.05) is 23.9 Å².